The number of hydrogen-bond donors (Lipinski definition) is 1. The van der Waals surface area contributed by atoms with Crippen molar-refractivity contribution >= 4 is 23.5 Å². The number of imide groups is 1. The predicted octanol–water partition coefficient (Wildman–Crippen LogP) is 1.46. The average Bonchev–Trinajstić information content (AvgIpc) is 3.34. The normalized spacial score (nSPS) is 19.9. The number of likely N-dealkylation sites (N-methyl/N-ethyl adjacent to an activating group) is 1. The minimum absolute atomic E-state index is 0.0615. The van der Waals surface area contributed by atoms with Crippen LogP contribution in [0.2, 0.25) is 0 Å². The van der Waals surface area contributed by atoms with Gasteiger partial charge in [0.1, 0.15) is 0 Å². The van der Waals surface area contributed by atoms with Crippen LogP contribution in [0.3, 0.4) is 0 Å². The Morgan fingerprint density at radius 3 is 2.39 bits per heavy atom. The fourth-order valence-corrected chi connectivity index (χ4v) is 3.21. The summed E-state index contributed by atoms with van der Waals surface area (Å²) < 4.78 is 0. The molecule has 23 heavy (non-hydrogen) atoms. The molecule has 0 spiro atoms. The summed E-state index contributed by atoms with van der Waals surface area (Å²) in [6.45, 7) is 0.285. The predicted molar refractivity (Wildman–Crippen MR) is 84.1 cm³/mol. The molecule has 3 rings (SSSR count). The van der Waals surface area contributed by atoms with Crippen LogP contribution in [0.5, 0.6) is 0 Å². The van der Waals surface area contributed by atoms with Crippen LogP contribution in [0, 0.1) is 5.92 Å². The molecule has 1 aromatic carbocycles. The SMILES string of the molecule is CN1C(=O)CN(c2ccccc2C(CC(=O)O)C2CC2)CC1=O. The van der Waals surface area contributed by atoms with Gasteiger partial charge in [-0.3, -0.25) is 19.3 Å². The first-order chi connectivity index (χ1) is 11.0. The largest absolute Gasteiger partial charge is 0.481 e. The highest BCUT2D eigenvalue weighted by molar-refractivity contribution is 6.02. The van der Waals surface area contributed by atoms with E-state index >= 15 is 0 Å². The molecular formula is C17H20N2O4. The molecule has 2 aliphatic rings. The molecule has 0 radical (unpaired) electrons. The lowest BCUT2D eigenvalue weighted by Crippen LogP contribution is -2.52. The smallest absolute Gasteiger partial charge is 0.303 e. The number of anilines is 1. The van der Waals surface area contributed by atoms with Gasteiger partial charge in [0.15, 0.2) is 0 Å². The zero-order valence-electron chi connectivity index (χ0n) is 13.1. The van der Waals surface area contributed by atoms with Crippen LogP contribution in [0.1, 0.15) is 30.7 Å². The van der Waals surface area contributed by atoms with Crippen LogP contribution >= 0.6 is 0 Å². The topological polar surface area (TPSA) is 77.9 Å². The van der Waals surface area contributed by atoms with Gasteiger partial charge in [-0.15, -0.1) is 0 Å². The highest BCUT2D eigenvalue weighted by Gasteiger charge is 2.37. The summed E-state index contributed by atoms with van der Waals surface area (Å²) in [4.78, 5) is 38.1. The first kappa shape index (κ1) is 15.5. The first-order valence-electron chi connectivity index (χ1n) is 7.82. The van der Waals surface area contributed by atoms with Gasteiger partial charge in [0, 0.05) is 12.7 Å². The second-order valence-corrected chi connectivity index (χ2v) is 6.30. The van der Waals surface area contributed by atoms with E-state index in [0.29, 0.717) is 5.92 Å². The van der Waals surface area contributed by atoms with Crippen molar-refractivity contribution in [1.82, 2.24) is 4.90 Å². The number of carbonyl (C=O) groups excluding carboxylic acids is 2. The maximum absolute atomic E-state index is 12.0. The van der Waals surface area contributed by atoms with Crippen LogP contribution in [0.25, 0.3) is 0 Å². The fourth-order valence-electron chi connectivity index (χ4n) is 3.21. The van der Waals surface area contributed by atoms with Gasteiger partial charge in [-0.25, -0.2) is 0 Å². The molecule has 1 N–H and O–H groups in total. The minimum Gasteiger partial charge on any atom is -0.481 e. The van der Waals surface area contributed by atoms with Crippen molar-refractivity contribution in [2.24, 2.45) is 5.92 Å². The Bertz CT molecular complexity index is 636. The minimum atomic E-state index is -0.817. The Balaban J connectivity index is 1.92. The van der Waals surface area contributed by atoms with E-state index in [0.717, 1.165) is 29.0 Å². The van der Waals surface area contributed by atoms with Crippen molar-refractivity contribution in [3.8, 4) is 0 Å². The summed E-state index contributed by atoms with van der Waals surface area (Å²) in [6, 6.07) is 7.54. The molecule has 1 unspecified atom stereocenters. The molecule has 1 aromatic rings. The fraction of sp³-hybridized carbons (Fsp3) is 0.471. The maximum Gasteiger partial charge on any atom is 0.303 e. The molecule has 0 bridgehead atoms. The highest BCUT2D eigenvalue weighted by atomic mass is 16.4. The van der Waals surface area contributed by atoms with Crippen LogP contribution in [-0.4, -0.2) is 47.9 Å². The number of para-hydroxylation sites is 1. The van der Waals surface area contributed by atoms with Gasteiger partial charge in [-0.05, 0) is 36.3 Å². The van der Waals surface area contributed by atoms with Gasteiger partial charge in [0.2, 0.25) is 11.8 Å². The number of piperazine rings is 1. The van der Waals surface area contributed by atoms with E-state index in [1.165, 1.54) is 7.05 Å². The third-order valence-electron chi connectivity index (χ3n) is 4.66. The summed E-state index contributed by atoms with van der Waals surface area (Å²) >= 11 is 0. The summed E-state index contributed by atoms with van der Waals surface area (Å²) in [5, 5.41) is 9.21. The number of benzene rings is 1. The number of nitrogens with zero attached hydrogens (tertiary/aromatic N) is 2. The standard InChI is InChI=1S/C17H20N2O4/c1-18-15(20)9-19(10-16(18)21)14-5-3-2-4-12(14)13(8-17(22)23)11-6-7-11/h2-5,11,13H,6-10H2,1H3,(H,22,23). The van der Waals surface area contributed by atoms with Gasteiger partial charge in [-0.1, -0.05) is 18.2 Å². The van der Waals surface area contributed by atoms with Crippen molar-refractivity contribution in [3.05, 3.63) is 29.8 Å². The number of carboxylic acid groups (broad SMARTS) is 1. The van der Waals surface area contributed by atoms with Gasteiger partial charge >= 0.3 is 5.97 Å². The first-order valence-corrected chi connectivity index (χ1v) is 7.82. The third-order valence-corrected chi connectivity index (χ3v) is 4.66. The van der Waals surface area contributed by atoms with Crippen molar-refractivity contribution in [1.29, 1.82) is 0 Å². The molecule has 6 nitrogen and oxygen atoms in total. The number of aliphatic carboxylic acids is 1. The number of carbonyl (C=O) groups is 3. The van der Waals surface area contributed by atoms with E-state index in [9.17, 15) is 19.5 Å². The molecule has 1 heterocycles. The van der Waals surface area contributed by atoms with Crippen molar-refractivity contribution < 1.29 is 19.5 Å². The Hall–Kier alpha value is -2.37. The molecule has 2 fully saturated rings. The van der Waals surface area contributed by atoms with E-state index in [4.69, 9.17) is 0 Å². The number of rotatable bonds is 5. The molecule has 1 saturated carbocycles. The van der Waals surface area contributed by atoms with E-state index in [-0.39, 0.29) is 37.2 Å². The molecule has 1 atom stereocenters. The lowest BCUT2D eigenvalue weighted by Gasteiger charge is -2.34. The third kappa shape index (κ3) is 3.21. The zero-order chi connectivity index (χ0) is 16.6. The quantitative estimate of drug-likeness (QED) is 0.832. The Morgan fingerprint density at radius 2 is 1.83 bits per heavy atom. The van der Waals surface area contributed by atoms with Gasteiger partial charge in [0.05, 0.1) is 19.5 Å². The lowest BCUT2D eigenvalue weighted by molar-refractivity contribution is -0.143. The molecule has 0 aromatic heterocycles. The molecule has 122 valence electrons. The van der Waals surface area contributed by atoms with Crippen molar-refractivity contribution in [3.63, 3.8) is 0 Å². The highest BCUT2D eigenvalue weighted by Crippen LogP contribution is 2.47. The number of amides is 2. The summed E-state index contributed by atoms with van der Waals surface area (Å²) in [5.41, 5.74) is 1.74. The second kappa shape index (κ2) is 6.02. The average molecular weight is 316 g/mol. The number of hydrogen-bond acceptors (Lipinski definition) is 4. The van der Waals surface area contributed by atoms with Gasteiger partial charge in [-0.2, -0.15) is 0 Å². The van der Waals surface area contributed by atoms with Crippen LogP contribution in [0.15, 0.2) is 24.3 Å². The van der Waals surface area contributed by atoms with Crippen LogP contribution in [0.4, 0.5) is 5.69 Å². The van der Waals surface area contributed by atoms with Crippen LogP contribution in [-0.2, 0) is 14.4 Å². The summed E-state index contributed by atoms with van der Waals surface area (Å²) in [7, 11) is 1.49. The van der Waals surface area contributed by atoms with E-state index < -0.39 is 5.97 Å². The van der Waals surface area contributed by atoms with E-state index in [1.54, 1.807) is 4.90 Å². The molecule has 6 heteroatoms. The summed E-state index contributed by atoms with van der Waals surface area (Å²) in [5.74, 6) is -0.976. The zero-order valence-corrected chi connectivity index (χ0v) is 13.1. The molecule has 1 saturated heterocycles. The maximum atomic E-state index is 12.0. The van der Waals surface area contributed by atoms with E-state index in [1.807, 2.05) is 24.3 Å². The molecule has 1 aliphatic carbocycles. The van der Waals surface area contributed by atoms with Crippen LogP contribution < -0.4 is 4.90 Å². The second-order valence-electron chi connectivity index (χ2n) is 6.30. The van der Waals surface area contributed by atoms with E-state index in [2.05, 4.69) is 0 Å². The lowest BCUT2D eigenvalue weighted by atomic mass is 9.89. The van der Waals surface area contributed by atoms with Crippen molar-refractivity contribution in [2.45, 2.75) is 25.2 Å². The summed E-state index contributed by atoms with van der Waals surface area (Å²) in [6.07, 6.45) is 2.15. The molecular weight excluding hydrogens is 296 g/mol. The Kier molecular flexibility index (Phi) is 4.07. The Morgan fingerprint density at radius 1 is 1.22 bits per heavy atom. The molecule has 1 aliphatic heterocycles. The number of carboxylic acids is 1. The monoisotopic (exact) mass is 316 g/mol. The van der Waals surface area contributed by atoms with Gasteiger partial charge < -0.3 is 10.0 Å². The van der Waals surface area contributed by atoms with Gasteiger partial charge in [0.25, 0.3) is 0 Å². The Labute approximate surface area is 134 Å². The van der Waals surface area contributed by atoms with Crippen molar-refractivity contribution in [2.75, 3.05) is 25.0 Å². The molecule has 2 amide bonds.